The first kappa shape index (κ1) is 22.1. The lowest BCUT2D eigenvalue weighted by atomic mass is 10.2. The van der Waals surface area contributed by atoms with Crippen molar-refractivity contribution in [2.45, 2.75) is 11.4 Å². The maximum atomic E-state index is 13.2. The Balaban J connectivity index is 1.89. The number of benzene rings is 3. The van der Waals surface area contributed by atoms with Crippen LogP contribution in [0.1, 0.15) is 5.56 Å². The predicted molar refractivity (Wildman–Crippen MR) is 118 cm³/mol. The lowest BCUT2D eigenvalue weighted by Gasteiger charge is -2.25. The Morgan fingerprint density at radius 3 is 2.13 bits per heavy atom. The molecule has 0 bridgehead atoms. The highest BCUT2D eigenvalue weighted by Crippen LogP contribution is 2.21. The van der Waals surface area contributed by atoms with Crippen LogP contribution >= 0.6 is 15.9 Å². The molecule has 0 N–H and O–H groups in total. The van der Waals surface area contributed by atoms with Crippen LogP contribution in [-0.2, 0) is 21.4 Å². The van der Waals surface area contributed by atoms with Crippen LogP contribution in [0.4, 0.5) is 10.1 Å². The van der Waals surface area contributed by atoms with E-state index in [1.165, 1.54) is 48.3 Å². The molecule has 0 fully saturated rings. The van der Waals surface area contributed by atoms with Gasteiger partial charge in [-0.3, -0.25) is 4.79 Å². The van der Waals surface area contributed by atoms with Crippen molar-refractivity contribution in [2.24, 2.45) is 0 Å². The zero-order valence-electron chi connectivity index (χ0n) is 16.2. The van der Waals surface area contributed by atoms with E-state index in [1.54, 1.807) is 30.3 Å². The molecule has 3 aromatic rings. The smallest absolute Gasteiger partial charge is 0.243 e. The van der Waals surface area contributed by atoms with Crippen LogP contribution in [-0.4, -0.2) is 32.2 Å². The van der Waals surface area contributed by atoms with E-state index >= 15 is 0 Å². The number of halogens is 2. The first-order valence-corrected chi connectivity index (χ1v) is 11.3. The van der Waals surface area contributed by atoms with Crippen molar-refractivity contribution in [3.63, 3.8) is 0 Å². The summed E-state index contributed by atoms with van der Waals surface area (Å²) >= 11 is 3.36. The molecule has 0 heterocycles. The van der Waals surface area contributed by atoms with Gasteiger partial charge in [-0.1, -0.05) is 46.3 Å². The molecule has 0 radical (unpaired) electrons. The van der Waals surface area contributed by atoms with Crippen LogP contribution in [0.25, 0.3) is 0 Å². The number of carbonyl (C=O) groups excluding carboxylic acids is 1. The van der Waals surface area contributed by atoms with Gasteiger partial charge in [0.05, 0.1) is 11.4 Å². The van der Waals surface area contributed by atoms with Crippen LogP contribution in [0.5, 0.6) is 0 Å². The van der Waals surface area contributed by atoms with Crippen LogP contribution < -0.4 is 4.90 Å². The summed E-state index contributed by atoms with van der Waals surface area (Å²) < 4.78 is 41.7. The highest BCUT2D eigenvalue weighted by atomic mass is 79.9. The van der Waals surface area contributed by atoms with Gasteiger partial charge in [0.2, 0.25) is 15.9 Å². The van der Waals surface area contributed by atoms with E-state index in [1.807, 2.05) is 12.1 Å². The Bertz CT molecular complexity index is 1110. The Labute approximate surface area is 183 Å². The number of anilines is 1. The van der Waals surface area contributed by atoms with Gasteiger partial charge in [-0.05, 0) is 54.1 Å². The molecule has 0 unspecified atom stereocenters. The molecule has 8 heteroatoms. The van der Waals surface area contributed by atoms with Crippen molar-refractivity contribution in [3.8, 4) is 0 Å². The molecule has 0 aromatic heterocycles. The number of rotatable bonds is 7. The molecule has 0 aliphatic carbocycles. The fourth-order valence-corrected chi connectivity index (χ4v) is 4.49. The second-order valence-corrected chi connectivity index (χ2v) is 9.50. The van der Waals surface area contributed by atoms with Gasteiger partial charge in [0.25, 0.3) is 0 Å². The van der Waals surface area contributed by atoms with Gasteiger partial charge in [0, 0.05) is 23.8 Å². The monoisotopic (exact) mass is 490 g/mol. The standard InChI is InChI=1S/C22H20BrFN2O3S/c1-25(20-13-11-19(24)12-14-20)22(27)16-26(15-17-7-9-18(23)10-8-17)30(28,29)21-5-3-2-4-6-21/h2-14H,15-16H2,1H3. The molecule has 0 saturated carbocycles. The van der Waals surface area contributed by atoms with Crippen LogP contribution in [0.15, 0.2) is 88.2 Å². The normalized spacial score (nSPS) is 11.5. The first-order chi connectivity index (χ1) is 14.3. The summed E-state index contributed by atoms with van der Waals surface area (Å²) in [7, 11) is -2.38. The maximum Gasteiger partial charge on any atom is 0.243 e. The van der Waals surface area contributed by atoms with E-state index in [4.69, 9.17) is 0 Å². The minimum atomic E-state index is -3.91. The molecule has 1 amide bonds. The molecule has 0 aliphatic heterocycles. The Morgan fingerprint density at radius 1 is 0.933 bits per heavy atom. The van der Waals surface area contributed by atoms with E-state index in [0.29, 0.717) is 5.69 Å². The minimum absolute atomic E-state index is 0.0352. The highest BCUT2D eigenvalue weighted by molar-refractivity contribution is 9.10. The van der Waals surface area contributed by atoms with E-state index in [2.05, 4.69) is 15.9 Å². The third kappa shape index (κ3) is 5.33. The average molecular weight is 491 g/mol. The molecule has 156 valence electrons. The SMILES string of the molecule is CN(C(=O)CN(Cc1ccc(Br)cc1)S(=O)(=O)c1ccccc1)c1ccc(F)cc1. The van der Waals surface area contributed by atoms with E-state index in [0.717, 1.165) is 14.3 Å². The van der Waals surface area contributed by atoms with Crippen molar-refractivity contribution in [1.82, 2.24) is 4.31 Å². The van der Waals surface area contributed by atoms with Gasteiger partial charge in [-0.15, -0.1) is 0 Å². The van der Waals surface area contributed by atoms with E-state index in [-0.39, 0.29) is 18.0 Å². The average Bonchev–Trinajstić information content (AvgIpc) is 2.75. The van der Waals surface area contributed by atoms with Crippen molar-refractivity contribution in [1.29, 1.82) is 0 Å². The molecule has 3 aromatic carbocycles. The fraction of sp³-hybridized carbons (Fsp3) is 0.136. The van der Waals surface area contributed by atoms with Gasteiger partial charge in [0.1, 0.15) is 5.82 Å². The van der Waals surface area contributed by atoms with Crippen LogP contribution in [0, 0.1) is 5.82 Å². The Kier molecular flexibility index (Phi) is 7.02. The zero-order valence-corrected chi connectivity index (χ0v) is 18.6. The summed E-state index contributed by atoms with van der Waals surface area (Å²) in [5.41, 5.74) is 1.22. The van der Waals surface area contributed by atoms with Crippen molar-refractivity contribution in [2.75, 3.05) is 18.5 Å². The van der Waals surface area contributed by atoms with Gasteiger partial charge in [-0.2, -0.15) is 4.31 Å². The minimum Gasteiger partial charge on any atom is -0.314 e. The van der Waals surface area contributed by atoms with Crippen molar-refractivity contribution >= 4 is 37.5 Å². The lowest BCUT2D eigenvalue weighted by molar-refractivity contribution is -0.118. The van der Waals surface area contributed by atoms with E-state index in [9.17, 15) is 17.6 Å². The summed E-state index contributed by atoms with van der Waals surface area (Å²) in [5.74, 6) is -0.846. The zero-order chi connectivity index (χ0) is 21.7. The summed E-state index contributed by atoms with van der Waals surface area (Å²) in [6, 6.07) is 20.7. The molecule has 0 saturated heterocycles. The number of hydrogen-bond donors (Lipinski definition) is 0. The molecule has 30 heavy (non-hydrogen) atoms. The highest BCUT2D eigenvalue weighted by Gasteiger charge is 2.28. The molecular formula is C22H20BrFN2O3S. The maximum absolute atomic E-state index is 13.2. The van der Waals surface area contributed by atoms with Crippen molar-refractivity contribution in [3.05, 3.63) is 94.7 Å². The van der Waals surface area contributed by atoms with Crippen molar-refractivity contribution < 1.29 is 17.6 Å². The third-order valence-electron chi connectivity index (χ3n) is 4.55. The Morgan fingerprint density at radius 2 is 1.53 bits per heavy atom. The van der Waals surface area contributed by atoms with Gasteiger partial charge >= 0.3 is 0 Å². The number of likely N-dealkylation sites (N-methyl/N-ethyl adjacent to an activating group) is 1. The summed E-state index contributed by atoms with van der Waals surface area (Å²) in [5, 5.41) is 0. The van der Waals surface area contributed by atoms with Gasteiger partial charge < -0.3 is 4.90 Å². The fourth-order valence-electron chi connectivity index (χ4n) is 2.83. The largest absolute Gasteiger partial charge is 0.314 e. The molecule has 5 nitrogen and oxygen atoms in total. The summed E-state index contributed by atoms with van der Waals surface area (Å²) in [6.45, 7) is -0.325. The molecule has 0 aliphatic rings. The topological polar surface area (TPSA) is 57.7 Å². The second kappa shape index (κ2) is 9.51. The molecule has 3 rings (SSSR count). The predicted octanol–water partition coefficient (Wildman–Crippen LogP) is 4.44. The number of hydrogen-bond acceptors (Lipinski definition) is 3. The number of carbonyl (C=O) groups is 1. The second-order valence-electron chi connectivity index (χ2n) is 6.64. The third-order valence-corrected chi connectivity index (χ3v) is 6.89. The summed E-state index contributed by atoms with van der Waals surface area (Å²) in [4.78, 5) is 14.3. The number of amides is 1. The van der Waals surface area contributed by atoms with Gasteiger partial charge in [0.15, 0.2) is 0 Å². The van der Waals surface area contributed by atoms with E-state index < -0.39 is 21.7 Å². The molecule has 0 atom stereocenters. The molecule has 0 spiro atoms. The van der Waals surface area contributed by atoms with Crippen LogP contribution in [0.2, 0.25) is 0 Å². The number of nitrogens with zero attached hydrogens (tertiary/aromatic N) is 2. The quantitative estimate of drug-likeness (QED) is 0.491. The van der Waals surface area contributed by atoms with Gasteiger partial charge in [-0.25, -0.2) is 12.8 Å². The molecular weight excluding hydrogens is 471 g/mol. The lowest BCUT2D eigenvalue weighted by Crippen LogP contribution is -2.41. The Hall–Kier alpha value is -2.55. The number of sulfonamides is 1. The van der Waals surface area contributed by atoms with Crippen LogP contribution in [0.3, 0.4) is 0 Å². The first-order valence-electron chi connectivity index (χ1n) is 9.09. The summed E-state index contributed by atoms with van der Waals surface area (Å²) in [6.07, 6.45) is 0.